The van der Waals surface area contributed by atoms with Gasteiger partial charge in [-0.15, -0.1) is 0 Å². The third kappa shape index (κ3) is 356. The van der Waals surface area contributed by atoms with Crippen molar-refractivity contribution >= 4 is 70.7 Å². The summed E-state index contributed by atoms with van der Waals surface area (Å²) in [5.74, 6) is 0. The van der Waals surface area contributed by atoms with Crippen LogP contribution in [0.2, 0.25) is 0.515 Å². The Morgan fingerprint density at radius 2 is 0.682 bits per heavy atom. The van der Waals surface area contributed by atoms with E-state index in [9.17, 15) is 65.0 Å². The molecule has 0 aromatic heterocycles. The minimum Gasteiger partial charge on any atom is -0.418 e. The van der Waals surface area contributed by atoms with Gasteiger partial charge in [-0.2, -0.15) is 0 Å². The Balaban J connectivity index is -0.0000000995. The fourth-order valence-corrected chi connectivity index (χ4v) is 1.17. The van der Waals surface area contributed by atoms with Crippen molar-refractivity contribution in [2.45, 2.75) is 13.1 Å². The van der Waals surface area contributed by atoms with Crippen molar-refractivity contribution in [2.75, 3.05) is 0 Å². The molecule has 0 aliphatic heterocycles. The molecule has 0 aromatic rings. The molecule has 0 amide bonds. The molecule has 0 fully saturated rings. The van der Waals surface area contributed by atoms with Gasteiger partial charge >= 0.3 is 97.0 Å². The standard InChI is InChI=1S/C3H4F3.3BF4.K/c1-2-3(4,5)6;3*2-1(3,4)5;/h1-2H2;;;;/q;3*-1;. The van der Waals surface area contributed by atoms with Crippen LogP contribution in [0.3, 0.4) is 0 Å². The predicted molar refractivity (Wildman–Crippen MR) is 51.8 cm³/mol. The first-order valence-corrected chi connectivity index (χ1v) is 6.95. The molecule has 22 heavy (non-hydrogen) atoms. The summed E-state index contributed by atoms with van der Waals surface area (Å²) >= 11 is 0.350. The van der Waals surface area contributed by atoms with Gasteiger partial charge in [-0.05, 0) is 0 Å². The summed E-state index contributed by atoms with van der Waals surface area (Å²) in [4.78, 5) is 0. The number of halogens is 15. The molecule has 0 rings (SSSR count). The monoisotopic (exact) mass is 397 g/mol. The predicted octanol–water partition coefficient (Wildman–Crippen LogP) is 5.43. The van der Waals surface area contributed by atoms with Crippen molar-refractivity contribution in [3.05, 3.63) is 0 Å². The number of hydrogen-bond donors (Lipinski definition) is 0. The van der Waals surface area contributed by atoms with Gasteiger partial charge in [0.25, 0.3) is 0 Å². The molecule has 0 spiro atoms. The Bertz CT molecular complexity index is 190. The van der Waals surface area contributed by atoms with E-state index >= 15 is 0 Å². The van der Waals surface area contributed by atoms with E-state index in [2.05, 4.69) is 0 Å². The second-order valence-corrected chi connectivity index (χ2v) is 4.41. The summed E-state index contributed by atoms with van der Waals surface area (Å²) in [6, 6.07) is 0. The minimum atomic E-state index is -6.00. The molecule has 0 heterocycles. The molecule has 0 aliphatic carbocycles. The van der Waals surface area contributed by atoms with E-state index in [4.69, 9.17) is 0 Å². The first-order chi connectivity index (χ1) is 9.06. The number of rotatable bonds is 1. The Hall–Kier alpha value is 0.781. The zero-order valence-corrected chi connectivity index (χ0v) is 13.4. The van der Waals surface area contributed by atoms with E-state index in [0.29, 0.717) is 49.5 Å². The van der Waals surface area contributed by atoms with Crippen molar-refractivity contribution in [3.8, 4) is 0 Å². The van der Waals surface area contributed by atoms with Crippen molar-refractivity contribution < 1.29 is 65.0 Å². The number of hydrogen-bond acceptors (Lipinski definition) is 0. The maximum atomic E-state index is 11.1. The summed E-state index contributed by atoms with van der Waals surface area (Å²) in [5, 5.41) is 0. The summed E-state index contributed by atoms with van der Waals surface area (Å²) in [6.07, 6.45) is -4.48. The van der Waals surface area contributed by atoms with Crippen LogP contribution in [0, 0.1) is 0 Å². The van der Waals surface area contributed by atoms with Crippen LogP contribution in [-0.4, -0.2) is 76.9 Å². The van der Waals surface area contributed by atoms with Gasteiger partial charge in [-0.1, -0.05) is 0 Å². The smallest absolute Gasteiger partial charge is 0.418 e. The first kappa shape index (κ1) is 30.6. The fraction of sp³-hybridized carbons (Fsp3) is 1.00. The van der Waals surface area contributed by atoms with Crippen LogP contribution in [-0.2, 0) is 0 Å². The van der Waals surface area contributed by atoms with Gasteiger partial charge in [-0.25, -0.2) is 0 Å². The number of alkyl halides is 3. The Labute approximate surface area is 148 Å². The van der Waals surface area contributed by atoms with Gasteiger partial charge in [-0.3, -0.25) is 0 Å². The summed E-state index contributed by atoms with van der Waals surface area (Å²) in [5.41, 5.74) is 0. The van der Waals surface area contributed by atoms with Gasteiger partial charge in [0.15, 0.2) is 0 Å². The largest absolute Gasteiger partial charge is 0.673 e. The summed E-state index contributed by atoms with van der Waals surface area (Å²) in [6.45, 7) is 0. The SMILES string of the molecule is FC(F)(F)C[CH2][K].F[B-](F)(F)F.F[B-](F)(F)F.F[B-](F)(F)F. The van der Waals surface area contributed by atoms with Crippen LogP contribution >= 0.6 is 0 Å². The molecule has 0 aliphatic rings. The Morgan fingerprint density at radius 3 is 0.682 bits per heavy atom. The molecule has 0 unspecified atom stereocenters. The molecule has 0 atom stereocenters. The average Bonchev–Trinajstić information content (AvgIpc) is 1.88. The summed E-state index contributed by atoms with van der Waals surface area (Å²) < 4.78 is 151. The molecule has 0 N–H and O–H groups in total. The maximum Gasteiger partial charge on any atom is 0.673 e. The minimum absolute atomic E-state index is 0.350. The van der Waals surface area contributed by atoms with Gasteiger partial charge in [0.1, 0.15) is 0 Å². The van der Waals surface area contributed by atoms with Gasteiger partial charge in [0, 0.05) is 0 Å². The first-order valence-electron chi connectivity index (χ1n) is 4.75. The van der Waals surface area contributed by atoms with Crippen molar-refractivity contribution in [1.29, 1.82) is 0 Å². The third-order valence-corrected chi connectivity index (χ3v) is 1.31. The van der Waals surface area contributed by atoms with E-state index in [1.807, 2.05) is 0 Å². The van der Waals surface area contributed by atoms with Crippen LogP contribution in [0.5, 0.6) is 0 Å². The molecule has 0 radical (unpaired) electrons. The molecule has 0 saturated carbocycles. The zero-order chi connectivity index (χ0) is 19.4. The molecule has 0 aromatic carbocycles. The van der Waals surface area contributed by atoms with Gasteiger partial charge < -0.3 is 51.8 Å². The van der Waals surface area contributed by atoms with Crippen LogP contribution in [0.1, 0.15) is 6.42 Å². The van der Waals surface area contributed by atoms with Crippen LogP contribution in [0.25, 0.3) is 0 Å². The molecular formula is C3H4B3F15K-3. The molecule has 134 valence electrons. The van der Waals surface area contributed by atoms with E-state index in [1.165, 1.54) is 0 Å². The van der Waals surface area contributed by atoms with E-state index in [1.54, 1.807) is 0 Å². The topological polar surface area (TPSA) is 0 Å². The molecule has 0 nitrogen and oxygen atoms in total. The van der Waals surface area contributed by atoms with Crippen molar-refractivity contribution in [3.63, 3.8) is 0 Å². The van der Waals surface area contributed by atoms with Gasteiger partial charge in [0.2, 0.25) is 0 Å². The molecular weight excluding hydrogens is 393 g/mol. The summed E-state index contributed by atoms with van der Waals surface area (Å²) in [7, 11) is -18.0. The van der Waals surface area contributed by atoms with Crippen LogP contribution in [0.4, 0.5) is 65.0 Å². The van der Waals surface area contributed by atoms with Crippen molar-refractivity contribution in [2.24, 2.45) is 0 Å². The van der Waals surface area contributed by atoms with E-state index in [-0.39, 0.29) is 0 Å². The normalized spacial score (nSPS) is 12.0. The average molecular weight is 397 g/mol. The Morgan fingerprint density at radius 1 is 0.545 bits per heavy atom. The zero-order valence-electron chi connectivity index (χ0n) is 10.3. The van der Waals surface area contributed by atoms with E-state index in [0.717, 1.165) is 0 Å². The van der Waals surface area contributed by atoms with Crippen molar-refractivity contribution in [1.82, 2.24) is 0 Å². The second-order valence-electron chi connectivity index (χ2n) is 2.85. The molecule has 0 saturated heterocycles. The molecule has 19 heteroatoms. The Kier molecular flexibility index (Phi) is 18.3. The van der Waals surface area contributed by atoms with Crippen LogP contribution < -0.4 is 0 Å². The second kappa shape index (κ2) is 13.1. The third-order valence-electron chi connectivity index (χ3n) is 0.533. The fourth-order valence-electron chi connectivity index (χ4n) is 0.283. The van der Waals surface area contributed by atoms with E-state index < -0.39 is 34.4 Å². The maximum absolute atomic E-state index is 11.1. The molecule has 0 bridgehead atoms. The van der Waals surface area contributed by atoms with Gasteiger partial charge in [0.05, 0.1) is 0 Å². The quantitative estimate of drug-likeness (QED) is 0.410. The van der Waals surface area contributed by atoms with Crippen LogP contribution in [0.15, 0.2) is 0 Å².